The van der Waals surface area contributed by atoms with Gasteiger partial charge in [-0.15, -0.1) is 0 Å². The van der Waals surface area contributed by atoms with Crippen molar-refractivity contribution in [3.63, 3.8) is 0 Å². The Balaban J connectivity index is 2.95. The van der Waals surface area contributed by atoms with Crippen molar-refractivity contribution in [2.75, 3.05) is 0 Å². The molecule has 1 aromatic carbocycles. The van der Waals surface area contributed by atoms with E-state index < -0.39 is 10.4 Å². The van der Waals surface area contributed by atoms with Crippen LogP contribution in [0.5, 0.6) is 5.75 Å². The van der Waals surface area contributed by atoms with E-state index in [-0.39, 0.29) is 11.3 Å². The minimum absolute atomic E-state index is 0.0693. The fourth-order valence-corrected chi connectivity index (χ4v) is 1.35. The minimum atomic E-state index is -4.54. The average molecular weight is 250 g/mol. The summed E-state index contributed by atoms with van der Waals surface area (Å²) in [6.45, 7) is 0. The lowest BCUT2D eigenvalue weighted by molar-refractivity contribution is 0.387. The van der Waals surface area contributed by atoms with E-state index in [2.05, 4.69) is 4.18 Å². The zero-order chi connectivity index (χ0) is 12.9. The Labute approximate surface area is 97.9 Å². The molecule has 0 saturated carbocycles. The Hall–Kier alpha value is -2.35. The summed E-state index contributed by atoms with van der Waals surface area (Å²) < 4.78 is 33.4. The first-order valence-electron chi connectivity index (χ1n) is 4.23. The normalized spacial score (nSPS) is 9.82. The van der Waals surface area contributed by atoms with Gasteiger partial charge < -0.3 is 4.18 Å². The van der Waals surface area contributed by atoms with E-state index in [1.807, 2.05) is 0 Å². The number of benzene rings is 1. The van der Waals surface area contributed by atoms with Gasteiger partial charge in [0, 0.05) is 0 Å². The quantitative estimate of drug-likeness (QED) is 0.639. The van der Waals surface area contributed by atoms with Crippen LogP contribution in [0.15, 0.2) is 29.8 Å². The number of hydrogen-bond acceptors (Lipinski definition) is 5. The highest BCUT2D eigenvalue weighted by Crippen LogP contribution is 2.15. The molecule has 6 nitrogen and oxygen atoms in total. The minimum Gasteiger partial charge on any atom is -0.362 e. The van der Waals surface area contributed by atoms with E-state index in [0.717, 1.165) is 0 Å². The maximum atomic E-state index is 10.4. The predicted molar refractivity (Wildman–Crippen MR) is 57.8 cm³/mol. The topological polar surface area (TPSA) is 111 Å². The van der Waals surface area contributed by atoms with E-state index in [4.69, 9.17) is 15.1 Å². The molecule has 1 N–H and O–H groups in total. The molecule has 0 saturated heterocycles. The predicted octanol–water partition coefficient (Wildman–Crippen LogP) is 1.30. The Morgan fingerprint density at radius 2 is 1.76 bits per heavy atom. The first-order chi connectivity index (χ1) is 7.94. The molecule has 0 bridgehead atoms. The molecule has 0 aliphatic rings. The molecular formula is C10H6N2O4S. The van der Waals surface area contributed by atoms with Crippen LogP contribution in [0.1, 0.15) is 5.56 Å². The van der Waals surface area contributed by atoms with Gasteiger partial charge in [0.25, 0.3) is 0 Å². The van der Waals surface area contributed by atoms with Crippen LogP contribution >= 0.6 is 0 Å². The van der Waals surface area contributed by atoms with Crippen LogP contribution in [0.2, 0.25) is 0 Å². The van der Waals surface area contributed by atoms with Crippen LogP contribution in [-0.2, 0) is 10.4 Å². The van der Waals surface area contributed by atoms with Crippen molar-refractivity contribution < 1.29 is 17.2 Å². The molecule has 7 heteroatoms. The van der Waals surface area contributed by atoms with E-state index in [1.54, 1.807) is 12.1 Å². The van der Waals surface area contributed by atoms with Gasteiger partial charge in [0.05, 0.1) is 0 Å². The summed E-state index contributed by atoms with van der Waals surface area (Å²) in [6, 6.07) is 8.82. The first kappa shape index (κ1) is 12.7. The van der Waals surface area contributed by atoms with Crippen molar-refractivity contribution in [2.45, 2.75) is 0 Å². The summed E-state index contributed by atoms with van der Waals surface area (Å²) in [7, 11) is -4.54. The molecule has 0 heterocycles. The summed E-state index contributed by atoms with van der Waals surface area (Å²) in [6.07, 6.45) is 1.33. The fraction of sp³-hybridized carbons (Fsp3) is 0. The van der Waals surface area contributed by atoms with Crippen LogP contribution in [0.25, 0.3) is 6.08 Å². The van der Waals surface area contributed by atoms with Crippen LogP contribution in [0, 0.1) is 22.7 Å². The highest BCUT2D eigenvalue weighted by atomic mass is 32.3. The van der Waals surface area contributed by atoms with E-state index in [0.29, 0.717) is 5.56 Å². The van der Waals surface area contributed by atoms with Gasteiger partial charge in [-0.25, -0.2) is 0 Å². The Bertz CT molecular complexity index is 602. The van der Waals surface area contributed by atoms with Gasteiger partial charge in [0.2, 0.25) is 0 Å². The highest BCUT2D eigenvalue weighted by Gasteiger charge is 2.05. The first-order valence-corrected chi connectivity index (χ1v) is 5.60. The standard InChI is InChI=1S/C10H6N2O4S/c11-6-9(7-12)5-8-1-3-10(4-2-8)16-17(13,14)15/h1-5H,(H,13,14,15). The molecule has 0 unspecified atom stereocenters. The maximum Gasteiger partial charge on any atom is 0.446 e. The van der Waals surface area contributed by atoms with Crippen molar-refractivity contribution in [3.05, 3.63) is 35.4 Å². The van der Waals surface area contributed by atoms with Crippen molar-refractivity contribution in [2.24, 2.45) is 0 Å². The molecule has 1 aromatic rings. The van der Waals surface area contributed by atoms with Crippen LogP contribution < -0.4 is 4.18 Å². The third-order valence-electron chi connectivity index (χ3n) is 1.63. The number of rotatable bonds is 3. The van der Waals surface area contributed by atoms with Crippen molar-refractivity contribution >= 4 is 16.5 Å². The van der Waals surface area contributed by atoms with E-state index >= 15 is 0 Å². The third kappa shape index (κ3) is 4.34. The molecule has 0 radical (unpaired) electrons. The molecule has 0 aliphatic carbocycles. The second-order valence-electron chi connectivity index (χ2n) is 2.86. The number of hydrogen-bond donors (Lipinski definition) is 1. The maximum absolute atomic E-state index is 10.4. The summed E-state index contributed by atoms with van der Waals surface area (Å²) >= 11 is 0. The zero-order valence-corrected chi connectivity index (χ0v) is 9.18. The molecule has 0 spiro atoms. The Morgan fingerprint density at radius 1 is 1.24 bits per heavy atom. The summed E-state index contributed by atoms with van der Waals surface area (Å²) in [5.74, 6) is -0.0693. The third-order valence-corrected chi connectivity index (χ3v) is 2.04. The second-order valence-corrected chi connectivity index (χ2v) is 3.88. The molecule has 17 heavy (non-hydrogen) atoms. The summed E-state index contributed by atoms with van der Waals surface area (Å²) in [4.78, 5) is 0. The van der Waals surface area contributed by atoms with Gasteiger partial charge >= 0.3 is 10.4 Å². The van der Waals surface area contributed by atoms with Gasteiger partial charge in [0.1, 0.15) is 23.5 Å². The van der Waals surface area contributed by atoms with Gasteiger partial charge in [-0.3, -0.25) is 4.55 Å². The summed E-state index contributed by atoms with van der Waals surface area (Å²) in [5, 5.41) is 17.0. The van der Waals surface area contributed by atoms with Gasteiger partial charge in [-0.1, -0.05) is 12.1 Å². The molecule has 0 amide bonds. The van der Waals surface area contributed by atoms with Crippen LogP contribution in [0.4, 0.5) is 0 Å². The molecule has 0 atom stereocenters. The number of nitriles is 2. The van der Waals surface area contributed by atoms with E-state index in [9.17, 15) is 8.42 Å². The second kappa shape index (κ2) is 5.12. The molecule has 0 fully saturated rings. The number of allylic oxidation sites excluding steroid dienone is 1. The van der Waals surface area contributed by atoms with Gasteiger partial charge in [-0.2, -0.15) is 18.9 Å². The van der Waals surface area contributed by atoms with Crippen molar-refractivity contribution in [1.29, 1.82) is 10.5 Å². The summed E-state index contributed by atoms with van der Waals surface area (Å²) in [5.41, 5.74) is 0.458. The lowest BCUT2D eigenvalue weighted by Crippen LogP contribution is -2.06. The molecule has 0 aromatic heterocycles. The Kier molecular flexibility index (Phi) is 3.83. The largest absolute Gasteiger partial charge is 0.446 e. The monoisotopic (exact) mass is 250 g/mol. The molecule has 0 aliphatic heterocycles. The van der Waals surface area contributed by atoms with Gasteiger partial charge in [0.15, 0.2) is 0 Å². The molecule has 1 rings (SSSR count). The lowest BCUT2D eigenvalue weighted by Gasteiger charge is -2.00. The smallest absolute Gasteiger partial charge is 0.362 e. The fourth-order valence-electron chi connectivity index (χ4n) is 0.997. The van der Waals surface area contributed by atoms with Crippen LogP contribution in [0.3, 0.4) is 0 Å². The lowest BCUT2D eigenvalue weighted by atomic mass is 10.1. The SMILES string of the molecule is N#CC(C#N)=Cc1ccc(OS(=O)(=O)O)cc1. The van der Waals surface area contributed by atoms with E-state index in [1.165, 1.54) is 30.3 Å². The molecular weight excluding hydrogens is 244 g/mol. The average Bonchev–Trinajstić information content (AvgIpc) is 2.26. The number of nitrogens with zero attached hydrogens (tertiary/aromatic N) is 2. The van der Waals surface area contributed by atoms with Gasteiger partial charge in [-0.05, 0) is 23.8 Å². The van der Waals surface area contributed by atoms with Crippen molar-refractivity contribution in [1.82, 2.24) is 0 Å². The highest BCUT2D eigenvalue weighted by molar-refractivity contribution is 7.81. The molecule has 86 valence electrons. The van der Waals surface area contributed by atoms with Crippen LogP contribution in [-0.4, -0.2) is 13.0 Å². The van der Waals surface area contributed by atoms with Crippen molar-refractivity contribution in [3.8, 4) is 17.9 Å². The Morgan fingerprint density at radius 3 is 2.18 bits per heavy atom. The zero-order valence-electron chi connectivity index (χ0n) is 8.36.